The summed E-state index contributed by atoms with van der Waals surface area (Å²) < 4.78 is 37.5. The molecule has 0 heterocycles. The van der Waals surface area contributed by atoms with Crippen LogP contribution in [-0.4, -0.2) is 49.5 Å². The van der Waals surface area contributed by atoms with Crippen molar-refractivity contribution in [3.05, 3.63) is 58.1 Å². The zero-order valence-electron chi connectivity index (χ0n) is 18.5. The van der Waals surface area contributed by atoms with Gasteiger partial charge in [0.05, 0.1) is 10.0 Å². The molecule has 1 aliphatic rings. The molecule has 0 saturated heterocycles. The lowest BCUT2D eigenvalue weighted by Gasteiger charge is -2.30. The minimum absolute atomic E-state index is 0.000594. The molecule has 2 aromatic carbocycles. The average molecular weight is 517 g/mol. The Labute approximate surface area is 207 Å². The second-order valence-electron chi connectivity index (χ2n) is 8.34. The zero-order chi connectivity index (χ0) is 24.5. The van der Waals surface area contributed by atoms with Crippen molar-refractivity contribution in [3.63, 3.8) is 0 Å². The molecular formula is C24H28Cl2F2N2O4. The number of rotatable bonds is 11. The first-order valence-electron chi connectivity index (χ1n) is 11.1. The molecule has 0 aliphatic heterocycles. The molecule has 6 nitrogen and oxygen atoms in total. The van der Waals surface area contributed by atoms with Crippen LogP contribution in [0.1, 0.15) is 25.7 Å². The summed E-state index contributed by atoms with van der Waals surface area (Å²) in [7, 11) is 0. The number of halogens is 4. The van der Waals surface area contributed by atoms with E-state index >= 15 is 0 Å². The third kappa shape index (κ3) is 8.58. The van der Waals surface area contributed by atoms with Gasteiger partial charge in [-0.1, -0.05) is 23.2 Å². The van der Waals surface area contributed by atoms with Crippen LogP contribution in [-0.2, 0) is 4.79 Å². The maximum atomic E-state index is 13.4. The van der Waals surface area contributed by atoms with E-state index in [4.69, 9.17) is 32.7 Å². The minimum atomic E-state index is -0.732. The highest BCUT2D eigenvalue weighted by Crippen LogP contribution is 2.24. The first-order chi connectivity index (χ1) is 16.3. The maximum Gasteiger partial charge on any atom is 0.257 e. The van der Waals surface area contributed by atoms with Gasteiger partial charge in [0.15, 0.2) is 6.61 Å². The molecule has 3 N–H and O–H groups in total. The number of ether oxygens (including phenoxy) is 2. The van der Waals surface area contributed by atoms with E-state index in [0.717, 1.165) is 31.7 Å². The Morgan fingerprint density at radius 2 is 1.59 bits per heavy atom. The number of aliphatic hydroxyl groups is 1. The standard InChI is InChI=1S/C24H28Cl2F2N2O4/c25-20-7-5-18(9-22(20)27)33-13-17(31)12-29-16-3-1-15(2-4-16)11-30-24(32)14-34-19-6-8-21(26)23(28)10-19/h5-10,15-17,29,31H,1-4,11-14H2,(H,30,32). The number of benzene rings is 2. The minimum Gasteiger partial charge on any atom is -0.491 e. The predicted octanol–water partition coefficient (Wildman–Crippen LogP) is 4.35. The van der Waals surface area contributed by atoms with Gasteiger partial charge in [-0.3, -0.25) is 4.79 Å². The lowest BCUT2D eigenvalue weighted by molar-refractivity contribution is -0.123. The Morgan fingerprint density at radius 3 is 2.18 bits per heavy atom. The van der Waals surface area contributed by atoms with Crippen LogP contribution in [0.15, 0.2) is 36.4 Å². The normalized spacial score (nSPS) is 18.9. The number of hydrogen-bond donors (Lipinski definition) is 3. The molecule has 0 bridgehead atoms. The first kappa shape index (κ1) is 26.5. The van der Waals surface area contributed by atoms with Crippen molar-refractivity contribution < 1.29 is 28.2 Å². The Balaban J connectivity index is 1.26. The van der Waals surface area contributed by atoms with Gasteiger partial charge in [0.1, 0.15) is 35.8 Å². The molecule has 0 aromatic heterocycles. The van der Waals surface area contributed by atoms with Crippen molar-refractivity contribution in [3.8, 4) is 11.5 Å². The van der Waals surface area contributed by atoms with Gasteiger partial charge >= 0.3 is 0 Å². The highest BCUT2D eigenvalue weighted by Gasteiger charge is 2.22. The van der Waals surface area contributed by atoms with Gasteiger partial charge in [-0.25, -0.2) is 8.78 Å². The maximum absolute atomic E-state index is 13.4. The van der Waals surface area contributed by atoms with Crippen molar-refractivity contribution in [1.82, 2.24) is 10.6 Å². The average Bonchev–Trinajstić information content (AvgIpc) is 2.83. The van der Waals surface area contributed by atoms with Crippen LogP contribution in [0.25, 0.3) is 0 Å². The Kier molecular flexibility index (Phi) is 10.2. The van der Waals surface area contributed by atoms with E-state index in [-0.39, 0.29) is 41.0 Å². The summed E-state index contributed by atoms with van der Waals surface area (Å²) in [5.74, 6) is -0.501. The fraction of sp³-hybridized carbons (Fsp3) is 0.458. The van der Waals surface area contributed by atoms with Gasteiger partial charge in [-0.2, -0.15) is 0 Å². The molecule has 34 heavy (non-hydrogen) atoms. The number of hydrogen-bond acceptors (Lipinski definition) is 5. The summed E-state index contributed by atoms with van der Waals surface area (Å²) in [6, 6.07) is 8.45. The summed E-state index contributed by atoms with van der Waals surface area (Å²) in [5.41, 5.74) is 0. The summed E-state index contributed by atoms with van der Waals surface area (Å²) in [6.07, 6.45) is 3.01. The first-order valence-corrected chi connectivity index (χ1v) is 11.9. The molecule has 1 fully saturated rings. The van der Waals surface area contributed by atoms with Crippen LogP contribution in [0, 0.1) is 17.6 Å². The van der Waals surface area contributed by atoms with Crippen molar-refractivity contribution in [2.24, 2.45) is 5.92 Å². The summed E-state index contributed by atoms with van der Waals surface area (Å²) in [6.45, 7) is 0.767. The third-order valence-electron chi connectivity index (χ3n) is 5.67. The number of aliphatic hydroxyl groups excluding tert-OH is 1. The van der Waals surface area contributed by atoms with Gasteiger partial charge in [-0.15, -0.1) is 0 Å². The quantitative estimate of drug-likeness (QED) is 0.413. The summed E-state index contributed by atoms with van der Waals surface area (Å²) >= 11 is 11.3. The molecule has 10 heteroatoms. The molecule has 1 aliphatic carbocycles. The molecule has 0 spiro atoms. The Morgan fingerprint density at radius 1 is 1.00 bits per heavy atom. The van der Waals surface area contributed by atoms with E-state index in [1.807, 2.05) is 0 Å². The van der Waals surface area contributed by atoms with E-state index in [2.05, 4.69) is 10.6 Å². The van der Waals surface area contributed by atoms with Crippen LogP contribution in [0.3, 0.4) is 0 Å². The SMILES string of the molecule is O=C(COc1ccc(Cl)c(F)c1)NCC1CCC(NCC(O)COc2ccc(Cl)c(F)c2)CC1. The molecule has 186 valence electrons. The molecule has 0 radical (unpaired) electrons. The van der Waals surface area contributed by atoms with Crippen LogP contribution in [0.5, 0.6) is 11.5 Å². The largest absolute Gasteiger partial charge is 0.491 e. The van der Waals surface area contributed by atoms with Crippen LogP contribution in [0.2, 0.25) is 10.0 Å². The van der Waals surface area contributed by atoms with E-state index in [9.17, 15) is 18.7 Å². The highest BCUT2D eigenvalue weighted by molar-refractivity contribution is 6.31. The fourth-order valence-corrected chi connectivity index (χ4v) is 3.95. The topological polar surface area (TPSA) is 79.8 Å². The van der Waals surface area contributed by atoms with Crippen molar-refractivity contribution >= 4 is 29.1 Å². The van der Waals surface area contributed by atoms with Gasteiger partial charge in [0.25, 0.3) is 5.91 Å². The summed E-state index contributed by atoms with van der Waals surface area (Å²) in [5, 5.41) is 16.3. The Hall–Kier alpha value is -2.13. The van der Waals surface area contributed by atoms with Crippen molar-refractivity contribution in [2.45, 2.75) is 37.8 Å². The number of carbonyl (C=O) groups excluding carboxylic acids is 1. The van der Waals surface area contributed by atoms with E-state index in [1.165, 1.54) is 24.3 Å². The third-order valence-corrected chi connectivity index (χ3v) is 6.28. The molecule has 1 saturated carbocycles. The fourth-order valence-electron chi connectivity index (χ4n) is 3.72. The summed E-state index contributed by atoms with van der Waals surface area (Å²) in [4.78, 5) is 12.0. The zero-order valence-corrected chi connectivity index (χ0v) is 20.0. The second kappa shape index (κ2) is 13.1. The van der Waals surface area contributed by atoms with Crippen molar-refractivity contribution in [2.75, 3.05) is 26.3 Å². The van der Waals surface area contributed by atoms with Gasteiger partial charge in [-0.05, 0) is 55.9 Å². The van der Waals surface area contributed by atoms with Crippen LogP contribution < -0.4 is 20.1 Å². The second-order valence-corrected chi connectivity index (χ2v) is 9.15. The monoisotopic (exact) mass is 516 g/mol. The van der Waals surface area contributed by atoms with E-state index in [1.54, 1.807) is 6.07 Å². The van der Waals surface area contributed by atoms with E-state index < -0.39 is 17.7 Å². The van der Waals surface area contributed by atoms with E-state index in [0.29, 0.717) is 24.8 Å². The molecular weight excluding hydrogens is 489 g/mol. The number of nitrogens with one attached hydrogen (secondary N) is 2. The molecule has 3 rings (SSSR count). The smallest absolute Gasteiger partial charge is 0.257 e. The number of carbonyl (C=O) groups is 1. The number of amides is 1. The lowest BCUT2D eigenvalue weighted by atomic mass is 9.86. The van der Waals surface area contributed by atoms with Gasteiger partial charge in [0.2, 0.25) is 0 Å². The lowest BCUT2D eigenvalue weighted by Crippen LogP contribution is -2.41. The van der Waals surface area contributed by atoms with Crippen LogP contribution in [0.4, 0.5) is 8.78 Å². The molecule has 1 amide bonds. The molecule has 2 aromatic rings. The van der Waals surface area contributed by atoms with Gasteiger partial charge < -0.3 is 25.2 Å². The van der Waals surface area contributed by atoms with Gasteiger partial charge in [0, 0.05) is 31.3 Å². The predicted molar refractivity (Wildman–Crippen MR) is 127 cm³/mol. The van der Waals surface area contributed by atoms with Crippen molar-refractivity contribution in [1.29, 1.82) is 0 Å². The van der Waals surface area contributed by atoms with Crippen LogP contribution >= 0.6 is 23.2 Å². The highest BCUT2D eigenvalue weighted by atomic mass is 35.5. The Bertz CT molecular complexity index is 959. The molecule has 1 atom stereocenters. The molecule has 1 unspecified atom stereocenters.